The third-order valence-corrected chi connectivity index (χ3v) is 3.42. The molecule has 1 aromatic heterocycles. The number of hydrogen-bond acceptors (Lipinski definition) is 4. The van der Waals surface area contributed by atoms with E-state index < -0.39 is 0 Å². The summed E-state index contributed by atoms with van der Waals surface area (Å²) in [6, 6.07) is 1.93. The summed E-state index contributed by atoms with van der Waals surface area (Å²) in [5.74, 6) is 2.92. The van der Waals surface area contributed by atoms with Gasteiger partial charge in [-0.25, -0.2) is 9.97 Å². The molecule has 4 heteroatoms. The molecular weight excluding hydrogens is 200 g/mol. The van der Waals surface area contributed by atoms with Gasteiger partial charge >= 0.3 is 0 Å². The molecule has 16 heavy (non-hydrogen) atoms. The van der Waals surface area contributed by atoms with Crippen molar-refractivity contribution < 1.29 is 0 Å². The zero-order valence-corrected chi connectivity index (χ0v) is 9.45. The SMILES string of the molecule is Nc1cc(CC2CCNC2)nc(C2CC2)n1. The van der Waals surface area contributed by atoms with Crippen molar-refractivity contribution >= 4 is 5.82 Å². The van der Waals surface area contributed by atoms with Crippen LogP contribution in [-0.4, -0.2) is 23.1 Å². The predicted octanol–water partition coefficient (Wildman–Crippen LogP) is 1.09. The van der Waals surface area contributed by atoms with E-state index in [0.29, 0.717) is 11.7 Å². The summed E-state index contributed by atoms with van der Waals surface area (Å²) in [5.41, 5.74) is 6.96. The Labute approximate surface area is 95.7 Å². The minimum Gasteiger partial charge on any atom is -0.384 e. The maximum absolute atomic E-state index is 5.83. The van der Waals surface area contributed by atoms with Gasteiger partial charge in [0.15, 0.2) is 0 Å². The van der Waals surface area contributed by atoms with E-state index in [-0.39, 0.29) is 0 Å². The number of nitrogens with one attached hydrogen (secondary N) is 1. The molecule has 0 aromatic carbocycles. The van der Waals surface area contributed by atoms with Crippen molar-refractivity contribution in [1.82, 2.24) is 15.3 Å². The molecule has 2 fully saturated rings. The molecule has 0 radical (unpaired) electrons. The van der Waals surface area contributed by atoms with Gasteiger partial charge in [0.25, 0.3) is 0 Å². The molecule has 0 amide bonds. The fourth-order valence-electron chi connectivity index (χ4n) is 2.35. The van der Waals surface area contributed by atoms with E-state index in [4.69, 9.17) is 5.73 Å². The third kappa shape index (κ3) is 2.16. The maximum atomic E-state index is 5.83. The molecule has 1 saturated heterocycles. The van der Waals surface area contributed by atoms with Crippen LogP contribution in [0.1, 0.15) is 36.7 Å². The van der Waals surface area contributed by atoms with Crippen molar-refractivity contribution in [2.45, 2.75) is 31.6 Å². The molecule has 1 aliphatic carbocycles. The summed E-state index contributed by atoms with van der Waals surface area (Å²) in [4.78, 5) is 8.96. The number of aromatic nitrogens is 2. The standard InChI is InChI=1S/C12H18N4/c13-11-6-10(5-8-3-4-14-7-8)15-12(16-11)9-1-2-9/h6,8-9,14H,1-5,7H2,(H2,13,15,16). The van der Waals surface area contributed by atoms with Crippen molar-refractivity contribution in [1.29, 1.82) is 0 Å². The van der Waals surface area contributed by atoms with E-state index in [0.717, 1.165) is 36.9 Å². The summed E-state index contributed by atoms with van der Waals surface area (Å²) in [6.07, 6.45) is 4.75. The molecule has 1 aromatic rings. The van der Waals surface area contributed by atoms with Gasteiger partial charge in [-0.3, -0.25) is 0 Å². The number of hydrogen-bond donors (Lipinski definition) is 2. The van der Waals surface area contributed by atoms with Crippen molar-refractivity contribution in [3.63, 3.8) is 0 Å². The molecule has 4 nitrogen and oxygen atoms in total. The first-order valence-corrected chi connectivity index (χ1v) is 6.15. The van der Waals surface area contributed by atoms with Crippen LogP contribution < -0.4 is 11.1 Å². The quantitative estimate of drug-likeness (QED) is 0.797. The normalized spacial score (nSPS) is 24.9. The second-order valence-corrected chi connectivity index (χ2v) is 4.98. The van der Waals surface area contributed by atoms with Gasteiger partial charge in [0.1, 0.15) is 11.6 Å². The van der Waals surface area contributed by atoms with Crippen LogP contribution in [0, 0.1) is 5.92 Å². The Morgan fingerprint density at radius 1 is 1.31 bits per heavy atom. The third-order valence-electron chi connectivity index (χ3n) is 3.42. The van der Waals surface area contributed by atoms with E-state index in [1.54, 1.807) is 0 Å². The Bertz CT molecular complexity index is 381. The molecule has 1 unspecified atom stereocenters. The molecule has 2 heterocycles. The van der Waals surface area contributed by atoms with Crippen LogP contribution in [0.5, 0.6) is 0 Å². The highest BCUT2D eigenvalue weighted by atomic mass is 15.0. The Hall–Kier alpha value is -1.16. The van der Waals surface area contributed by atoms with E-state index in [1.807, 2.05) is 6.07 Å². The number of nitrogens with zero attached hydrogens (tertiary/aromatic N) is 2. The zero-order chi connectivity index (χ0) is 11.0. The molecule has 1 saturated carbocycles. The van der Waals surface area contributed by atoms with Gasteiger partial charge in [0, 0.05) is 17.7 Å². The summed E-state index contributed by atoms with van der Waals surface area (Å²) in [7, 11) is 0. The van der Waals surface area contributed by atoms with Gasteiger partial charge in [0.05, 0.1) is 0 Å². The number of nitrogens with two attached hydrogens (primary N) is 1. The molecule has 1 atom stereocenters. The van der Waals surface area contributed by atoms with E-state index >= 15 is 0 Å². The average molecular weight is 218 g/mol. The van der Waals surface area contributed by atoms with Crippen LogP contribution in [0.4, 0.5) is 5.82 Å². The monoisotopic (exact) mass is 218 g/mol. The van der Waals surface area contributed by atoms with Crippen LogP contribution in [0.3, 0.4) is 0 Å². The van der Waals surface area contributed by atoms with Crippen molar-refractivity contribution in [3.8, 4) is 0 Å². The first-order chi connectivity index (χ1) is 7.81. The molecule has 86 valence electrons. The highest BCUT2D eigenvalue weighted by Gasteiger charge is 2.27. The minimum absolute atomic E-state index is 0.587. The molecule has 3 N–H and O–H groups in total. The molecule has 1 aliphatic heterocycles. The van der Waals surface area contributed by atoms with E-state index in [2.05, 4.69) is 15.3 Å². The molecule has 3 rings (SSSR count). The highest BCUT2D eigenvalue weighted by Crippen LogP contribution is 2.38. The smallest absolute Gasteiger partial charge is 0.134 e. The predicted molar refractivity (Wildman–Crippen MR) is 63.1 cm³/mol. The number of nitrogen functional groups attached to an aromatic ring is 1. The topological polar surface area (TPSA) is 63.8 Å². The second kappa shape index (κ2) is 4.01. The summed E-state index contributed by atoms with van der Waals surface area (Å²) in [6.45, 7) is 2.25. The lowest BCUT2D eigenvalue weighted by molar-refractivity contribution is 0.569. The lowest BCUT2D eigenvalue weighted by Gasteiger charge is -2.09. The fraction of sp³-hybridized carbons (Fsp3) is 0.667. The minimum atomic E-state index is 0.587. The zero-order valence-electron chi connectivity index (χ0n) is 9.45. The van der Waals surface area contributed by atoms with Crippen LogP contribution in [0.2, 0.25) is 0 Å². The van der Waals surface area contributed by atoms with Crippen molar-refractivity contribution in [3.05, 3.63) is 17.6 Å². The first-order valence-electron chi connectivity index (χ1n) is 6.15. The van der Waals surface area contributed by atoms with Gasteiger partial charge in [-0.1, -0.05) is 0 Å². The van der Waals surface area contributed by atoms with Gasteiger partial charge in [-0.2, -0.15) is 0 Å². The van der Waals surface area contributed by atoms with Gasteiger partial charge in [0.2, 0.25) is 0 Å². The highest BCUT2D eigenvalue weighted by molar-refractivity contribution is 5.31. The Morgan fingerprint density at radius 3 is 2.88 bits per heavy atom. The number of anilines is 1. The van der Waals surface area contributed by atoms with Gasteiger partial charge in [-0.15, -0.1) is 0 Å². The molecule has 0 spiro atoms. The first kappa shape index (κ1) is 10.0. The Kier molecular flexibility index (Phi) is 2.52. The molecular formula is C12H18N4. The summed E-state index contributed by atoms with van der Waals surface area (Å²) >= 11 is 0. The van der Waals surface area contributed by atoms with Crippen molar-refractivity contribution in [2.24, 2.45) is 5.92 Å². The van der Waals surface area contributed by atoms with E-state index in [1.165, 1.54) is 19.3 Å². The van der Waals surface area contributed by atoms with Crippen LogP contribution in [0.25, 0.3) is 0 Å². The Morgan fingerprint density at radius 2 is 2.19 bits per heavy atom. The maximum Gasteiger partial charge on any atom is 0.134 e. The van der Waals surface area contributed by atoms with Crippen LogP contribution in [-0.2, 0) is 6.42 Å². The summed E-state index contributed by atoms with van der Waals surface area (Å²) in [5, 5.41) is 3.38. The van der Waals surface area contributed by atoms with Crippen molar-refractivity contribution in [2.75, 3.05) is 18.8 Å². The Balaban J connectivity index is 1.76. The molecule has 2 aliphatic rings. The van der Waals surface area contributed by atoms with Crippen LogP contribution in [0.15, 0.2) is 6.07 Å². The lowest BCUT2D eigenvalue weighted by Crippen LogP contribution is -2.12. The van der Waals surface area contributed by atoms with Gasteiger partial charge in [-0.05, 0) is 44.7 Å². The number of rotatable bonds is 3. The summed E-state index contributed by atoms with van der Waals surface area (Å²) < 4.78 is 0. The second-order valence-electron chi connectivity index (χ2n) is 4.98. The van der Waals surface area contributed by atoms with Crippen LogP contribution >= 0.6 is 0 Å². The largest absolute Gasteiger partial charge is 0.384 e. The van der Waals surface area contributed by atoms with Gasteiger partial charge < -0.3 is 11.1 Å². The van der Waals surface area contributed by atoms with E-state index in [9.17, 15) is 0 Å². The lowest BCUT2D eigenvalue weighted by atomic mass is 10.0. The average Bonchev–Trinajstić information content (AvgIpc) is 2.98. The molecule has 0 bridgehead atoms. The fourth-order valence-corrected chi connectivity index (χ4v) is 2.35.